The van der Waals surface area contributed by atoms with Crippen molar-refractivity contribution < 1.29 is 9.15 Å². The number of hydrogen-bond donors (Lipinski definition) is 1. The van der Waals surface area contributed by atoms with Gasteiger partial charge in [-0.05, 0) is 37.4 Å². The van der Waals surface area contributed by atoms with Crippen LogP contribution < -0.4 is 15.0 Å². The Hall–Kier alpha value is -1.79. The first kappa shape index (κ1) is 17.6. The normalized spacial score (nSPS) is 15.3. The standard InChI is InChI=1S/C16H22N4O2.ClH/c1-17-11-15-18-19-16(22-15)20-9-7-12(8-10-20)13-5-3-4-6-14(13)21-2;/h3-6,12,17H,7-11H2,1-2H3;1H. The molecule has 6 nitrogen and oxygen atoms in total. The largest absolute Gasteiger partial charge is 0.496 e. The van der Waals surface area contributed by atoms with E-state index in [2.05, 4.69) is 32.5 Å². The van der Waals surface area contributed by atoms with Gasteiger partial charge in [-0.25, -0.2) is 0 Å². The van der Waals surface area contributed by atoms with Crippen LogP contribution in [-0.4, -0.2) is 37.4 Å². The Morgan fingerprint density at radius 2 is 2.00 bits per heavy atom. The Kier molecular flexibility index (Phi) is 6.24. The van der Waals surface area contributed by atoms with Crippen LogP contribution in [0.25, 0.3) is 0 Å². The number of hydrogen-bond acceptors (Lipinski definition) is 6. The van der Waals surface area contributed by atoms with E-state index in [4.69, 9.17) is 9.15 Å². The second kappa shape index (κ2) is 8.17. The lowest BCUT2D eigenvalue weighted by Crippen LogP contribution is -2.33. The van der Waals surface area contributed by atoms with E-state index in [0.717, 1.165) is 31.7 Å². The van der Waals surface area contributed by atoms with E-state index in [1.165, 1.54) is 5.56 Å². The second-order valence-corrected chi connectivity index (χ2v) is 5.51. The third-order valence-corrected chi connectivity index (χ3v) is 4.13. The first-order valence-corrected chi connectivity index (χ1v) is 7.66. The summed E-state index contributed by atoms with van der Waals surface area (Å²) in [5.74, 6) is 2.13. The maximum absolute atomic E-state index is 5.67. The average Bonchev–Trinajstić information content (AvgIpc) is 3.04. The predicted molar refractivity (Wildman–Crippen MR) is 91.5 cm³/mol. The third kappa shape index (κ3) is 3.95. The quantitative estimate of drug-likeness (QED) is 0.904. The maximum atomic E-state index is 5.67. The van der Waals surface area contributed by atoms with Crippen molar-refractivity contribution in [2.24, 2.45) is 0 Å². The van der Waals surface area contributed by atoms with Crippen LogP contribution in [0.5, 0.6) is 5.75 Å². The monoisotopic (exact) mass is 338 g/mol. The fourth-order valence-corrected chi connectivity index (χ4v) is 2.98. The molecule has 23 heavy (non-hydrogen) atoms. The molecule has 0 unspecified atom stereocenters. The number of rotatable bonds is 5. The number of anilines is 1. The molecule has 0 spiro atoms. The molecule has 7 heteroatoms. The van der Waals surface area contributed by atoms with Gasteiger partial charge in [0.1, 0.15) is 5.75 Å². The smallest absolute Gasteiger partial charge is 0.318 e. The zero-order valence-corrected chi connectivity index (χ0v) is 14.3. The zero-order chi connectivity index (χ0) is 15.4. The summed E-state index contributed by atoms with van der Waals surface area (Å²) in [6, 6.07) is 8.91. The van der Waals surface area contributed by atoms with Crippen LogP contribution in [-0.2, 0) is 6.54 Å². The molecule has 0 saturated carbocycles. The first-order chi connectivity index (χ1) is 10.8. The maximum Gasteiger partial charge on any atom is 0.318 e. The highest BCUT2D eigenvalue weighted by Crippen LogP contribution is 2.34. The molecular formula is C16H23ClN4O2. The summed E-state index contributed by atoms with van der Waals surface area (Å²) in [5, 5.41) is 11.2. The highest BCUT2D eigenvalue weighted by Gasteiger charge is 2.25. The SMILES string of the molecule is CNCc1nnc(N2CCC(c3ccccc3OC)CC2)o1.Cl. The van der Waals surface area contributed by atoms with Crippen molar-refractivity contribution in [1.29, 1.82) is 0 Å². The summed E-state index contributed by atoms with van der Waals surface area (Å²) in [7, 11) is 3.60. The van der Waals surface area contributed by atoms with Gasteiger partial charge in [-0.15, -0.1) is 17.5 Å². The van der Waals surface area contributed by atoms with Crippen molar-refractivity contribution >= 4 is 18.4 Å². The van der Waals surface area contributed by atoms with Crippen LogP contribution in [0.15, 0.2) is 28.7 Å². The van der Waals surface area contributed by atoms with E-state index in [1.54, 1.807) is 7.11 Å². The Bertz CT molecular complexity index is 612. The van der Waals surface area contributed by atoms with E-state index >= 15 is 0 Å². The van der Waals surface area contributed by atoms with Crippen molar-refractivity contribution in [3.05, 3.63) is 35.7 Å². The van der Waals surface area contributed by atoms with E-state index in [1.807, 2.05) is 19.2 Å². The first-order valence-electron chi connectivity index (χ1n) is 7.66. The summed E-state index contributed by atoms with van der Waals surface area (Å²) < 4.78 is 11.1. The predicted octanol–water partition coefficient (Wildman–Crippen LogP) is 2.60. The van der Waals surface area contributed by atoms with E-state index < -0.39 is 0 Å². The fourth-order valence-electron chi connectivity index (χ4n) is 2.98. The van der Waals surface area contributed by atoms with Gasteiger partial charge >= 0.3 is 6.01 Å². The lowest BCUT2D eigenvalue weighted by atomic mass is 9.89. The minimum absolute atomic E-state index is 0. The second-order valence-electron chi connectivity index (χ2n) is 5.51. The minimum atomic E-state index is 0. The van der Waals surface area contributed by atoms with Gasteiger partial charge in [0, 0.05) is 13.1 Å². The van der Waals surface area contributed by atoms with Crippen LogP contribution in [0.3, 0.4) is 0 Å². The zero-order valence-electron chi connectivity index (χ0n) is 13.5. The van der Waals surface area contributed by atoms with Gasteiger partial charge in [0.05, 0.1) is 13.7 Å². The number of halogens is 1. The molecule has 1 saturated heterocycles. The molecule has 0 atom stereocenters. The molecule has 1 aliphatic rings. The molecule has 1 aromatic heterocycles. The highest BCUT2D eigenvalue weighted by molar-refractivity contribution is 5.85. The molecule has 0 radical (unpaired) electrons. The summed E-state index contributed by atoms with van der Waals surface area (Å²) in [4.78, 5) is 2.16. The van der Waals surface area contributed by atoms with Gasteiger partial charge in [0.25, 0.3) is 0 Å². The number of aromatic nitrogens is 2. The summed E-state index contributed by atoms with van der Waals surface area (Å²) in [6.07, 6.45) is 2.12. The molecule has 0 bridgehead atoms. The van der Waals surface area contributed by atoms with Crippen LogP contribution in [0.4, 0.5) is 6.01 Å². The van der Waals surface area contributed by atoms with Crippen LogP contribution in [0, 0.1) is 0 Å². The Balaban J connectivity index is 0.00000192. The van der Waals surface area contributed by atoms with E-state index in [9.17, 15) is 0 Å². The van der Waals surface area contributed by atoms with Crippen LogP contribution in [0.1, 0.15) is 30.2 Å². The molecule has 0 aliphatic carbocycles. The molecule has 3 rings (SSSR count). The number of piperidine rings is 1. The van der Waals surface area contributed by atoms with Crippen molar-refractivity contribution in [2.45, 2.75) is 25.3 Å². The number of para-hydroxylation sites is 1. The molecule has 1 aliphatic heterocycles. The topological polar surface area (TPSA) is 63.4 Å². The Morgan fingerprint density at radius 1 is 1.26 bits per heavy atom. The van der Waals surface area contributed by atoms with Gasteiger partial charge < -0.3 is 19.4 Å². The van der Waals surface area contributed by atoms with Gasteiger partial charge in [-0.2, -0.15) is 0 Å². The van der Waals surface area contributed by atoms with Gasteiger partial charge in [-0.3, -0.25) is 0 Å². The van der Waals surface area contributed by atoms with E-state index in [0.29, 0.717) is 24.4 Å². The van der Waals surface area contributed by atoms with Crippen LogP contribution in [0.2, 0.25) is 0 Å². The van der Waals surface area contributed by atoms with E-state index in [-0.39, 0.29) is 12.4 Å². The number of nitrogens with one attached hydrogen (secondary N) is 1. The lowest BCUT2D eigenvalue weighted by Gasteiger charge is -2.31. The van der Waals surface area contributed by atoms with Gasteiger partial charge in [0.15, 0.2) is 0 Å². The summed E-state index contributed by atoms with van der Waals surface area (Å²) in [6.45, 7) is 2.44. The summed E-state index contributed by atoms with van der Waals surface area (Å²) in [5.41, 5.74) is 1.30. The lowest BCUT2D eigenvalue weighted by molar-refractivity contribution is 0.393. The van der Waals surface area contributed by atoms with Gasteiger partial charge in [-0.1, -0.05) is 23.3 Å². The van der Waals surface area contributed by atoms with Crippen molar-refractivity contribution in [1.82, 2.24) is 15.5 Å². The Morgan fingerprint density at radius 3 is 2.70 bits per heavy atom. The molecule has 2 aromatic rings. The molecule has 0 amide bonds. The minimum Gasteiger partial charge on any atom is -0.496 e. The highest BCUT2D eigenvalue weighted by atomic mass is 35.5. The molecule has 1 fully saturated rings. The number of benzene rings is 1. The van der Waals surface area contributed by atoms with Crippen molar-refractivity contribution in [3.8, 4) is 5.75 Å². The number of ether oxygens (including phenoxy) is 1. The molecular weight excluding hydrogens is 316 g/mol. The molecule has 126 valence electrons. The van der Waals surface area contributed by atoms with Crippen molar-refractivity contribution in [3.63, 3.8) is 0 Å². The third-order valence-electron chi connectivity index (χ3n) is 4.13. The summed E-state index contributed by atoms with van der Waals surface area (Å²) >= 11 is 0. The molecule has 1 N–H and O–H groups in total. The van der Waals surface area contributed by atoms with Gasteiger partial charge in [0.2, 0.25) is 5.89 Å². The molecule has 1 aromatic carbocycles. The van der Waals surface area contributed by atoms with Crippen LogP contribution >= 0.6 is 12.4 Å². The average molecular weight is 339 g/mol. The number of methoxy groups -OCH3 is 1. The number of nitrogens with zero attached hydrogens (tertiary/aromatic N) is 3. The van der Waals surface area contributed by atoms with Crippen molar-refractivity contribution in [2.75, 3.05) is 32.1 Å². The fraction of sp³-hybridized carbons (Fsp3) is 0.500. The molecule has 2 heterocycles. The Labute approximate surface area is 142 Å².